The van der Waals surface area contributed by atoms with Crippen LogP contribution >= 0.6 is 10.0 Å². The zero-order valence-electron chi connectivity index (χ0n) is 13.1. The fraction of sp³-hybridized carbons (Fsp3) is 0.333. The molecule has 0 radical (unpaired) electrons. The molecule has 0 bridgehead atoms. The molecule has 0 spiro atoms. The summed E-state index contributed by atoms with van der Waals surface area (Å²) in [6.45, 7) is 4.36. The number of hydrogen-bond donors (Lipinski definition) is 0. The zero-order valence-corrected chi connectivity index (χ0v) is 13.9. The van der Waals surface area contributed by atoms with E-state index < -0.39 is 10.0 Å². The molecule has 0 N–H and O–H groups in total. The number of aryl methyl sites for hydroxylation is 2. The normalized spacial score (nSPS) is 12.2. The number of methoxy groups -OCH3 is 1. The molecule has 0 atom stereocenters. The van der Waals surface area contributed by atoms with Gasteiger partial charge in [0.05, 0.1) is 7.11 Å². The number of rotatable bonds is 4. The Morgan fingerprint density at radius 3 is 1.95 bits per heavy atom. The molecule has 0 aliphatic rings. The van der Waals surface area contributed by atoms with Crippen molar-refractivity contribution >= 4 is 10.0 Å². The van der Waals surface area contributed by atoms with Crippen LogP contribution in [0.2, 0.25) is 0 Å². The van der Waals surface area contributed by atoms with E-state index in [0.29, 0.717) is 0 Å². The molecule has 0 heterocycles. The summed E-state index contributed by atoms with van der Waals surface area (Å²) in [5.41, 5.74) is 4.09. The molecule has 0 aromatic heterocycles. The molecule has 2 heteroatoms. The molecule has 2 rings (SSSR count). The Morgan fingerprint density at radius 1 is 0.900 bits per heavy atom. The maximum atomic E-state index is 5.22. The predicted octanol–water partition coefficient (Wildman–Crippen LogP) is 4.94. The average Bonchev–Trinajstić information content (AvgIpc) is 2.38. The highest BCUT2D eigenvalue weighted by atomic mass is 32.3. The van der Waals surface area contributed by atoms with Gasteiger partial charge in [0, 0.05) is 5.75 Å². The summed E-state index contributed by atoms with van der Waals surface area (Å²) in [7, 11) is 0.889. The van der Waals surface area contributed by atoms with Gasteiger partial charge in [0.25, 0.3) is 0 Å². The third-order valence-corrected chi connectivity index (χ3v) is 6.09. The van der Waals surface area contributed by atoms with Gasteiger partial charge >= 0.3 is 0 Å². The molecule has 0 saturated heterocycles. The van der Waals surface area contributed by atoms with Crippen molar-refractivity contribution in [2.24, 2.45) is 0 Å². The maximum absolute atomic E-state index is 5.22. The summed E-state index contributed by atoms with van der Waals surface area (Å²) in [6, 6.07) is 15.4. The van der Waals surface area contributed by atoms with E-state index in [4.69, 9.17) is 4.74 Å². The minimum Gasteiger partial charge on any atom is -0.497 e. The smallest absolute Gasteiger partial charge is 0.118 e. The van der Waals surface area contributed by atoms with E-state index >= 15 is 0 Å². The molecule has 1 nitrogen and oxygen atoms in total. The van der Waals surface area contributed by atoms with Crippen molar-refractivity contribution in [3.05, 3.63) is 59.2 Å². The summed E-state index contributed by atoms with van der Waals surface area (Å²) in [4.78, 5) is 1.49. The first kappa shape index (κ1) is 15.0. The van der Waals surface area contributed by atoms with Gasteiger partial charge in [0.1, 0.15) is 5.75 Å². The second-order valence-electron chi connectivity index (χ2n) is 5.85. The lowest BCUT2D eigenvalue weighted by atomic mass is 10.2. The van der Waals surface area contributed by atoms with Crippen LogP contribution in [-0.2, 0) is 5.75 Å². The number of hydrogen-bond acceptors (Lipinski definition) is 1. The molecule has 0 unspecified atom stereocenters. The Balaban J connectivity index is 2.24. The molecule has 2 aromatic carbocycles. The lowest BCUT2D eigenvalue weighted by Gasteiger charge is -2.32. The van der Waals surface area contributed by atoms with E-state index in [1.165, 1.54) is 21.6 Å². The fourth-order valence-corrected chi connectivity index (χ4v) is 4.68. The van der Waals surface area contributed by atoms with Gasteiger partial charge in [-0.2, -0.15) is 0 Å². The van der Waals surface area contributed by atoms with E-state index in [9.17, 15) is 0 Å². The van der Waals surface area contributed by atoms with Crippen molar-refractivity contribution in [3.8, 4) is 5.75 Å². The number of benzene rings is 2. The summed E-state index contributed by atoms with van der Waals surface area (Å²) in [5, 5.41) is 0. The Labute approximate surface area is 124 Å². The Bertz CT molecular complexity index is 565. The molecule has 0 aliphatic carbocycles. The lowest BCUT2D eigenvalue weighted by molar-refractivity contribution is 0.414. The zero-order chi connectivity index (χ0) is 14.8. The molecule has 0 aliphatic heterocycles. The highest BCUT2D eigenvalue weighted by Crippen LogP contribution is 2.52. The Morgan fingerprint density at radius 2 is 1.45 bits per heavy atom. The highest BCUT2D eigenvalue weighted by Gasteiger charge is 2.16. The van der Waals surface area contributed by atoms with Crippen LogP contribution in [0.15, 0.2) is 47.4 Å². The minimum absolute atomic E-state index is 0.819. The molecular formula is C18H24OS. The van der Waals surface area contributed by atoms with Crippen molar-refractivity contribution in [2.45, 2.75) is 24.5 Å². The first-order chi connectivity index (χ1) is 9.40. The van der Waals surface area contributed by atoms with Gasteiger partial charge in [-0.3, -0.25) is 0 Å². The third-order valence-electron chi connectivity index (χ3n) is 3.52. The summed E-state index contributed by atoms with van der Waals surface area (Å²) >= 11 is 0. The second kappa shape index (κ2) is 5.92. The quantitative estimate of drug-likeness (QED) is 0.774. The first-order valence-corrected chi connectivity index (χ1v) is 9.45. The van der Waals surface area contributed by atoms with Gasteiger partial charge in [-0.15, -0.1) is 0 Å². The van der Waals surface area contributed by atoms with Gasteiger partial charge in [0.2, 0.25) is 0 Å². The minimum atomic E-state index is -0.819. The molecule has 20 heavy (non-hydrogen) atoms. The summed E-state index contributed by atoms with van der Waals surface area (Å²) in [5.74, 6) is 2.04. The van der Waals surface area contributed by atoms with Gasteiger partial charge < -0.3 is 4.74 Å². The molecule has 2 aromatic rings. The average molecular weight is 288 g/mol. The lowest BCUT2D eigenvalue weighted by Crippen LogP contribution is -2.01. The predicted molar refractivity (Wildman–Crippen MR) is 90.3 cm³/mol. The van der Waals surface area contributed by atoms with Gasteiger partial charge in [-0.05, 0) is 72.2 Å². The fourth-order valence-electron chi connectivity index (χ4n) is 2.47. The highest BCUT2D eigenvalue weighted by molar-refractivity contribution is 8.32. The molecule has 0 fully saturated rings. The van der Waals surface area contributed by atoms with Crippen LogP contribution in [0, 0.1) is 13.8 Å². The first-order valence-electron chi connectivity index (χ1n) is 6.83. The standard InChI is InChI=1S/C18H24OS/c1-14-10-15(2)12-18(11-14)20(4,5)13-16-6-8-17(19-3)9-7-16/h6-12H,13H2,1-5H3. The van der Waals surface area contributed by atoms with Crippen LogP contribution in [0.4, 0.5) is 0 Å². The van der Waals surface area contributed by atoms with Crippen LogP contribution < -0.4 is 4.74 Å². The SMILES string of the molecule is COc1ccc(CS(C)(C)c2cc(C)cc(C)c2)cc1. The van der Waals surface area contributed by atoms with Crippen molar-refractivity contribution in [1.29, 1.82) is 0 Å². The van der Waals surface area contributed by atoms with Gasteiger partial charge in [0.15, 0.2) is 0 Å². The third kappa shape index (κ3) is 3.57. The van der Waals surface area contributed by atoms with Crippen molar-refractivity contribution in [3.63, 3.8) is 0 Å². The second-order valence-corrected chi connectivity index (χ2v) is 9.69. The molecular weight excluding hydrogens is 264 g/mol. The summed E-state index contributed by atoms with van der Waals surface area (Å²) in [6.07, 6.45) is 4.79. The van der Waals surface area contributed by atoms with Crippen LogP contribution in [0.5, 0.6) is 5.75 Å². The number of ether oxygens (including phenoxy) is 1. The Hall–Kier alpha value is -1.41. The summed E-state index contributed by atoms with van der Waals surface area (Å²) < 4.78 is 5.22. The van der Waals surface area contributed by atoms with E-state index in [-0.39, 0.29) is 0 Å². The van der Waals surface area contributed by atoms with Crippen molar-refractivity contribution in [2.75, 3.05) is 19.6 Å². The monoisotopic (exact) mass is 288 g/mol. The van der Waals surface area contributed by atoms with E-state index in [1.807, 2.05) is 12.1 Å². The molecule has 0 amide bonds. The Kier molecular flexibility index (Phi) is 4.44. The van der Waals surface area contributed by atoms with Crippen molar-refractivity contribution < 1.29 is 4.74 Å². The van der Waals surface area contributed by atoms with Crippen LogP contribution in [-0.4, -0.2) is 19.6 Å². The van der Waals surface area contributed by atoms with Gasteiger partial charge in [-0.1, -0.05) is 18.2 Å². The molecule has 108 valence electrons. The van der Waals surface area contributed by atoms with Gasteiger partial charge in [-0.25, -0.2) is 10.0 Å². The maximum Gasteiger partial charge on any atom is 0.118 e. The largest absolute Gasteiger partial charge is 0.497 e. The topological polar surface area (TPSA) is 9.23 Å². The molecule has 0 saturated carbocycles. The van der Waals surface area contributed by atoms with Crippen molar-refractivity contribution in [1.82, 2.24) is 0 Å². The van der Waals surface area contributed by atoms with E-state index in [0.717, 1.165) is 11.5 Å². The van der Waals surface area contributed by atoms with E-state index in [2.05, 4.69) is 56.7 Å². The van der Waals surface area contributed by atoms with E-state index in [1.54, 1.807) is 7.11 Å². The van der Waals surface area contributed by atoms with Crippen LogP contribution in [0.25, 0.3) is 0 Å². The van der Waals surface area contributed by atoms with Crippen LogP contribution in [0.3, 0.4) is 0 Å². The van der Waals surface area contributed by atoms with Crippen LogP contribution in [0.1, 0.15) is 16.7 Å².